The number of hydrogen-bond acceptors (Lipinski definition) is 12. The van der Waals surface area contributed by atoms with E-state index >= 15 is 0 Å². The third-order valence-electron chi connectivity index (χ3n) is 3.51. The molecule has 0 aliphatic heterocycles. The van der Waals surface area contributed by atoms with Gasteiger partial charge in [0, 0.05) is 0 Å². The molecule has 2 aromatic heterocycles. The first-order valence-corrected chi connectivity index (χ1v) is 10.8. The number of hydrogen-bond donors (Lipinski definition) is 8. The zero-order valence-electron chi connectivity index (χ0n) is 21.5. The third kappa shape index (κ3) is 21.3. The first kappa shape index (κ1) is 39.0. The summed E-state index contributed by atoms with van der Waals surface area (Å²) in [5.74, 6) is -3.95. The average Bonchev–Trinajstić information content (AvgIpc) is 3.53. The zero-order valence-corrected chi connectivity index (χ0v) is 24.1. The monoisotopic (exact) mass is 614 g/mol. The first-order valence-electron chi connectivity index (χ1n) is 9.69. The predicted octanol–water partition coefficient (Wildman–Crippen LogP) is -3.90. The van der Waals surface area contributed by atoms with Crippen molar-refractivity contribution in [3.05, 3.63) is 36.4 Å². The number of carboxylic acids is 4. The van der Waals surface area contributed by atoms with E-state index in [1.165, 1.54) is 25.0 Å². The van der Waals surface area contributed by atoms with Gasteiger partial charge in [-0.3, -0.25) is 19.2 Å². The molecule has 0 aliphatic rings. The van der Waals surface area contributed by atoms with Gasteiger partial charge in [-0.2, -0.15) is 11.5 Å². The maximum Gasteiger partial charge on any atom is 2.00 e. The van der Waals surface area contributed by atoms with Crippen LogP contribution in [0.5, 0.6) is 0 Å². The molecule has 2 aromatic rings. The average molecular weight is 616 g/mol. The summed E-state index contributed by atoms with van der Waals surface area (Å²) in [6.45, 7) is 0. The fraction of sp³-hybridized carbons (Fsp3) is 0.444. The Kier molecular flexibility index (Phi) is 23.9. The van der Waals surface area contributed by atoms with E-state index in [4.69, 9.17) is 43.4 Å². The van der Waals surface area contributed by atoms with Gasteiger partial charge in [0.2, 0.25) is 0 Å². The molecule has 16 nitrogen and oxygen atoms in total. The largest absolute Gasteiger partial charge is 2.00 e. The number of aliphatic carboxylic acids is 4. The molecule has 2 rings (SSSR count). The fourth-order valence-electron chi connectivity index (χ4n) is 1.50. The summed E-state index contributed by atoms with van der Waals surface area (Å²) >= 11 is 8.69. The molecule has 12 N–H and O–H groups in total. The van der Waals surface area contributed by atoms with Crippen LogP contribution in [0.3, 0.4) is 0 Å². The van der Waals surface area contributed by atoms with Crippen LogP contribution in [0.15, 0.2) is 25.0 Å². The van der Waals surface area contributed by atoms with Gasteiger partial charge in [0.15, 0.2) is 0 Å². The molecular formula is C18H30N8O8S2Zn. The van der Waals surface area contributed by atoms with Gasteiger partial charge in [-0.25, -0.2) is 0 Å². The summed E-state index contributed by atoms with van der Waals surface area (Å²) in [7, 11) is 0. The van der Waals surface area contributed by atoms with Crippen molar-refractivity contribution in [3.63, 3.8) is 0 Å². The molecule has 2 heterocycles. The van der Waals surface area contributed by atoms with Crippen molar-refractivity contribution in [2.75, 3.05) is 11.5 Å². The van der Waals surface area contributed by atoms with Crippen LogP contribution >= 0.6 is 0 Å². The van der Waals surface area contributed by atoms with Crippen LogP contribution in [0.25, 0.3) is 0 Å². The molecule has 0 amide bonds. The summed E-state index contributed by atoms with van der Waals surface area (Å²) < 4.78 is 0. The van der Waals surface area contributed by atoms with Crippen molar-refractivity contribution >= 4 is 49.1 Å². The van der Waals surface area contributed by atoms with E-state index in [1.54, 1.807) is 0 Å². The number of aromatic nitrogens is 4. The van der Waals surface area contributed by atoms with Crippen LogP contribution in [0.1, 0.15) is 14.2 Å². The topological polar surface area (TPSA) is 307 Å². The van der Waals surface area contributed by atoms with Crippen LogP contribution in [0, 0.1) is 0 Å². The van der Waals surface area contributed by atoms with Gasteiger partial charge in [0.05, 0.1) is 12.1 Å². The number of nitrogens with two attached hydrogens (primary N) is 4. The van der Waals surface area contributed by atoms with Gasteiger partial charge in [0.25, 0.3) is 0 Å². The first-order chi connectivity index (χ1) is 16.8. The fourth-order valence-corrected chi connectivity index (χ4v) is 1.78. The molecule has 0 saturated carbocycles. The quantitative estimate of drug-likeness (QED) is 0.0934. The SMILES string of the molecule is N[C@@H](C[S-])C(=O)O.N[C@@H](C[S-])C(=O)O.N[C@@H](Cc1c[n-]cn1)C(=O)O.N[C@@H](Cc1c[n-]cn1)C(=O)O.[H+].[H+].[Zn+2]. The Morgan fingerprint density at radius 2 is 0.973 bits per heavy atom. The maximum absolute atomic E-state index is 10.3. The number of imidazole rings is 2. The smallest absolute Gasteiger partial charge is 0.791 e. The van der Waals surface area contributed by atoms with E-state index in [0.29, 0.717) is 11.4 Å². The van der Waals surface area contributed by atoms with Crippen molar-refractivity contribution in [1.82, 2.24) is 19.9 Å². The maximum atomic E-state index is 10.3. The van der Waals surface area contributed by atoms with E-state index in [9.17, 15) is 19.2 Å². The second kappa shape index (κ2) is 22.6. The Morgan fingerprint density at radius 1 is 0.703 bits per heavy atom. The molecule has 37 heavy (non-hydrogen) atoms. The summed E-state index contributed by atoms with van der Waals surface area (Å²) in [5, 5.41) is 32.8. The minimum absolute atomic E-state index is 0. The van der Waals surface area contributed by atoms with E-state index in [1.807, 2.05) is 0 Å². The summed E-state index contributed by atoms with van der Waals surface area (Å²) in [4.78, 5) is 54.9. The van der Waals surface area contributed by atoms with Crippen molar-refractivity contribution in [2.24, 2.45) is 22.9 Å². The standard InChI is InChI=1S/2C6H9N3O2.2C3H7NO2S.Zn/c2*7-5(6(10)11)1-4-2-8-3-9-4;2*4-2(1-7)3(5)6;/h2*2-3,5H,1,7H2,(H2,8,9,10,11);2*2,7H,1,4H2,(H,5,6);/q;;;;+2/p-2/t2*5-;2*2-;/m0000./s1. The summed E-state index contributed by atoms with van der Waals surface area (Å²) in [6, 6.07) is -3.50. The zero-order chi connectivity index (χ0) is 28.3. The second-order valence-electron chi connectivity index (χ2n) is 6.55. The molecule has 0 spiro atoms. The van der Waals surface area contributed by atoms with Crippen LogP contribution in [0.2, 0.25) is 0 Å². The van der Waals surface area contributed by atoms with E-state index in [2.05, 4.69) is 45.2 Å². The molecule has 0 saturated heterocycles. The Labute approximate surface area is 238 Å². The molecule has 0 radical (unpaired) electrons. The van der Waals surface area contributed by atoms with Crippen LogP contribution in [-0.4, -0.2) is 89.9 Å². The Morgan fingerprint density at radius 3 is 1.11 bits per heavy atom. The van der Waals surface area contributed by atoms with Crippen molar-refractivity contribution in [2.45, 2.75) is 37.0 Å². The summed E-state index contributed by atoms with van der Waals surface area (Å²) in [5.41, 5.74) is 21.5. The summed E-state index contributed by atoms with van der Waals surface area (Å²) in [6.07, 6.45) is 6.20. The van der Waals surface area contributed by atoms with Crippen molar-refractivity contribution in [3.8, 4) is 0 Å². The van der Waals surface area contributed by atoms with Gasteiger partial charge in [-0.15, -0.1) is 0 Å². The number of rotatable bonds is 10. The molecule has 0 unspecified atom stereocenters. The Hall–Kier alpha value is -2.54. The van der Waals surface area contributed by atoms with Gasteiger partial charge in [-0.05, 0) is 12.8 Å². The van der Waals surface area contributed by atoms with Crippen LogP contribution in [0.4, 0.5) is 0 Å². The molecular weight excluding hydrogens is 586 g/mol. The Bertz CT molecular complexity index is 832. The third-order valence-corrected chi connectivity index (χ3v) is 4.23. The van der Waals surface area contributed by atoms with Gasteiger partial charge in [0.1, 0.15) is 12.1 Å². The van der Waals surface area contributed by atoms with E-state index in [-0.39, 0.29) is 46.7 Å². The molecule has 0 aliphatic carbocycles. The van der Waals surface area contributed by atoms with Crippen molar-refractivity contribution < 1.29 is 61.9 Å². The molecule has 0 aromatic carbocycles. The minimum atomic E-state index is -1.03. The van der Waals surface area contributed by atoms with Crippen LogP contribution in [-0.2, 0) is 76.8 Å². The number of nitrogens with zero attached hydrogens (tertiary/aromatic N) is 4. The van der Waals surface area contributed by atoms with Gasteiger partial charge < -0.3 is 88.6 Å². The van der Waals surface area contributed by atoms with E-state index in [0.717, 1.165) is 0 Å². The van der Waals surface area contributed by atoms with E-state index < -0.39 is 48.0 Å². The second-order valence-corrected chi connectivity index (χ2v) is 7.22. The van der Waals surface area contributed by atoms with Crippen molar-refractivity contribution in [1.29, 1.82) is 0 Å². The minimum Gasteiger partial charge on any atom is -0.791 e. The van der Waals surface area contributed by atoms with Gasteiger partial charge >= 0.3 is 46.2 Å². The Balaban J connectivity index is -0.000000132. The van der Waals surface area contributed by atoms with Crippen LogP contribution < -0.4 is 32.9 Å². The molecule has 204 valence electrons. The van der Waals surface area contributed by atoms with Gasteiger partial charge in [-0.1, -0.05) is 36.4 Å². The molecule has 4 atom stereocenters. The number of carboxylic acid groups (broad SMARTS) is 4. The molecule has 0 bridgehead atoms. The molecule has 19 heteroatoms. The predicted molar refractivity (Wildman–Crippen MR) is 132 cm³/mol. The number of carbonyl (C=O) groups is 4. The normalized spacial score (nSPS) is 12.7. The molecule has 0 fully saturated rings.